The molecule has 1 aliphatic heterocycles. The first-order valence-corrected chi connectivity index (χ1v) is 7.04. The highest BCUT2D eigenvalue weighted by molar-refractivity contribution is 8.38. The second-order valence-electron chi connectivity index (χ2n) is 2.28. The molecule has 1 saturated heterocycles. The molecule has 2 nitrogen and oxygen atoms in total. The quantitative estimate of drug-likeness (QED) is 0.501. The lowest BCUT2D eigenvalue weighted by Gasteiger charge is -2.02. The maximum absolute atomic E-state index is 11.2. The molecule has 0 aromatic heterocycles. The number of rotatable bonds is 1. The minimum atomic E-state index is -0.0649. The molecule has 0 saturated carbocycles. The van der Waals surface area contributed by atoms with Crippen LogP contribution in [0.1, 0.15) is 6.42 Å². The fraction of sp³-hybridized carbons (Fsp3) is 0.714. The molecular formula is C7H11NOS3. The SMILES string of the molecule is CSC(=N[C@@H]1CCSC1=O)SC. The minimum Gasteiger partial charge on any atom is -0.285 e. The molecule has 0 amide bonds. The van der Waals surface area contributed by atoms with Crippen LogP contribution in [0.2, 0.25) is 0 Å². The lowest BCUT2D eigenvalue weighted by Crippen LogP contribution is -2.09. The van der Waals surface area contributed by atoms with Crippen LogP contribution in [0.3, 0.4) is 0 Å². The molecule has 1 fully saturated rings. The van der Waals surface area contributed by atoms with Gasteiger partial charge in [0.25, 0.3) is 0 Å². The van der Waals surface area contributed by atoms with E-state index in [4.69, 9.17) is 0 Å². The average molecular weight is 221 g/mol. The van der Waals surface area contributed by atoms with E-state index in [9.17, 15) is 4.79 Å². The van der Waals surface area contributed by atoms with Crippen LogP contribution < -0.4 is 0 Å². The Labute approximate surface area is 85.3 Å². The number of thioether (sulfide) groups is 3. The molecule has 0 N–H and O–H groups in total. The van der Waals surface area contributed by atoms with Gasteiger partial charge in [-0.15, -0.1) is 23.5 Å². The van der Waals surface area contributed by atoms with Crippen LogP contribution in [0.15, 0.2) is 4.99 Å². The zero-order valence-electron chi connectivity index (χ0n) is 7.07. The lowest BCUT2D eigenvalue weighted by atomic mass is 10.3. The Kier molecular flexibility index (Phi) is 4.53. The van der Waals surface area contributed by atoms with E-state index in [1.807, 2.05) is 12.5 Å². The smallest absolute Gasteiger partial charge is 0.213 e. The Morgan fingerprint density at radius 1 is 1.58 bits per heavy atom. The Morgan fingerprint density at radius 2 is 2.25 bits per heavy atom. The van der Waals surface area contributed by atoms with Crippen LogP contribution in [0, 0.1) is 0 Å². The predicted octanol–water partition coefficient (Wildman–Crippen LogP) is 2.10. The summed E-state index contributed by atoms with van der Waals surface area (Å²) in [6.07, 6.45) is 4.89. The molecule has 12 heavy (non-hydrogen) atoms. The molecule has 0 spiro atoms. The van der Waals surface area contributed by atoms with Gasteiger partial charge in [-0.1, -0.05) is 11.8 Å². The lowest BCUT2D eigenvalue weighted by molar-refractivity contribution is -0.111. The second kappa shape index (κ2) is 5.19. The largest absolute Gasteiger partial charge is 0.285 e. The van der Waals surface area contributed by atoms with Crippen molar-refractivity contribution in [3.05, 3.63) is 0 Å². The van der Waals surface area contributed by atoms with Crippen LogP contribution in [-0.2, 0) is 4.79 Å². The van der Waals surface area contributed by atoms with Gasteiger partial charge in [-0.25, -0.2) is 0 Å². The number of nitrogens with zero attached hydrogens (tertiary/aromatic N) is 1. The highest BCUT2D eigenvalue weighted by atomic mass is 32.2. The van der Waals surface area contributed by atoms with Crippen LogP contribution in [0.5, 0.6) is 0 Å². The van der Waals surface area contributed by atoms with Gasteiger partial charge in [0.1, 0.15) is 10.4 Å². The standard InChI is InChI=1S/C7H11NOS3/c1-10-7(11-2)8-5-3-4-12-6(5)9/h5H,3-4H2,1-2H3/t5-/m1/s1. The van der Waals surface area contributed by atoms with Gasteiger partial charge >= 0.3 is 0 Å². The Hall–Kier alpha value is 0.390. The van der Waals surface area contributed by atoms with Crippen LogP contribution in [0.25, 0.3) is 0 Å². The number of hydrogen-bond acceptors (Lipinski definition) is 5. The Balaban J connectivity index is 2.57. The monoisotopic (exact) mass is 221 g/mol. The van der Waals surface area contributed by atoms with Gasteiger partial charge < -0.3 is 0 Å². The molecule has 68 valence electrons. The number of aliphatic imine (C=N–C) groups is 1. The summed E-state index contributed by atoms with van der Waals surface area (Å²) in [5.74, 6) is 0.934. The summed E-state index contributed by atoms with van der Waals surface area (Å²) in [7, 11) is 0. The molecule has 1 aliphatic rings. The first kappa shape index (κ1) is 10.5. The number of carbonyl (C=O) groups excluding carboxylic acids is 1. The molecular weight excluding hydrogens is 210 g/mol. The molecule has 0 bridgehead atoms. The van der Waals surface area contributed by atoms with E-state index in [-0.39, 0.29) is 11.2 Å². The minimum absolute atomic E-state index is 0.0649. The molecule has 0 aliphatic carbocycles. The molecule has 0 unspecified atom stereocenters. The fourth-order valence-electron chi connectivity index (χ4n) is 0.918. The zero-order valence-corrected chi connectivity index (χ0v) is 9.52. The molecule has 0 radical (unpaired) electrons. The number of carbonyl (C=O) groups is 1. The third-order valence-corrected chi connectivity index (χ3v) is 4.42. The van der Waals surface area contributed by atoms with Crippen molar-refractivity contribution in [3.63, 3.8) is 0 Å². The van der Waals surface area contributed by atoms with E-state index in [2.05, 4.69) is 4.99 Å². The van der Waals surface area contributed by atoms with Crippen molar-refractivity contribution in [2.24, 2.45) is 4.99 Å². The molecule has 5 heteroatoms. The average Bonchev–Trinajstić information content (AvgIpc) is 2.47. The molecule has 0 aromatic carbocycles. The van der Waals surface area contributed by atoms with Crippen LogP contribution in [-0.4, -0.2) is 33.8 Å². The van der Waals surface area contributed by atoms with Crippen molar-refractivity contribution in [2.75, 3.05) is 18.3 Å². The third-order valence-electron chi connectivity index (χ3n) is 1.52. The molecule has 0 aromatic rings. The van der Waals surface area contributed by atoms with E-state index >= 15 is 0 Å². The third kappa shape index (κ3) is 2.71. The normalized spacial score (nSPS) is 22.8. The van der Waals surface area contributed by atoms with Crippen LogP contribution in [0.4, 0.5) is 0 Å². The molecule has 1 atom stereocenters. The summed E-state index contributed by atoms with van der Waals surface area (Å²) < 4.78 is 1.01. The van der Waals surface area contributed by atoms with E-state index in [1.165, 1.54) is 11.8 Å². The Morgan fingerprint density at radius 3 is 2.67 bits per heavy atom. The van der Waals surface area contributed by atoms with E-state index < -0.39 is 0 Å². The van der Waals surface area contributed by atoms with Gasteiger partial charge in [0.05, 0.1) is 0 Å². The zero-order chi connectivity index (χ0) is 8.97. The second-order valence-corrected chi connectivity index (χ2v) is 5.22. The maximum Gasteiger partial charge on any atom is 0.213 e. The summed E-state index contributed by atoms with van der Waals surface area (Å²) in [5, 5.41) is 0.232. The van der Waals surface area contributed by atoms with Gasteiger partial charge in [-0.05, 0) is 18.9 Å². The van der Waals surface area contributed by atoms with Gasteiger partial charge in [-0.3, -0.25) is 9.79 Å². The summed E-state index contributed by atoms with van der Waals surface area (Å²) in [6.45, 7) is 0. The van der Waals surface area contributed by atoms with Crippen molar-refractivity contribution in [3.8, 4) is 0 Å². The first-order chi connectivity index (χ1) is 5.77. The fourth-order valence-corrected chi connectivity index (χ4v) is 2.96. The molecule has 1 rings (SSSR count). The van der Waals surface area contributed by atoms with Crippen molar-refractivity contribution in [1.82, 2.24) is 0 Å². The summed E-state index contributed by atoms with van der Waals surface area (Å²) in [6, 6.07) is -0.0649. The van der Waals surface area contributed by atoms with Crippen molar-refractivity contribution >= 4 is 44.8 Å². The van der Waals surface area contributed by atoms with Gasteiger partial charge in [0, 0.05) is 5.75 Å². The van der Waals surface area contributed by atoms with Gasteiger partial charge in [-0.2, -0.15) is 0 Å². The highest BCUT2D eigenvalue weighted by Crippen LogP contribution is 2.24. The summed E-state index contributed by atoms with van der Waals surface area (Å²) in [5.41, 5.74) is 0. The van der Waals surface area contributed by atoms with Crippen molar-refractivity contribution < 1.29 is 4.79 Å². The summed E-state index contributed by atoms with van der Waals surface area (Å²) >= 11 is 4.62. The molecule has 1 heterocycles. The van der Waals surface area contributed by atoms with E-state index in [0.29, 0.717) is 0 Å². The van der Waals surface area contributed by atoms with Crippen molar-refractivity contribution in [1.29, 1.82) is 0 Å². The van der Waals surface area contributed by atoms with Crippen LogP contribution >= 0.6 is 35.3 Å². The number of hydrogen-bond donors (Lipinski definition) is 0. The van der Waals surface area contributed by atoms with E-state index in [0.717, 1.165) is 16.5 Å². The summed E-state index contributed by atoms with van der Waals surface area (Å²) in [4.78, 5) is 15.5. The Bertz CT molecular complexity index is 199. The predicted molar refractivity (Wildman–Crippen MR) is 60.3 cm³/mol. The van der Waals surface area contributed by atoms with E-state index in [1.54, 1.807) is 23.5 Å². The topological polar surface area (TPSA) is 29.4 Å². The maximum atomic E-state index is 11.2. The highest BCUT2D eigenvalue weighted by Gasteiger charge is 2.24. The van der Waals surface area contributed by atoms with Crippen molar-refractivity contribution in [2.45, 2.75) is 12.5 Å². The first-order valence-electron chi connectivity index (χ1n) is 3.60. The van der Waals surface area contributed by atoms with Gasteiger partial charge in [0.15, 0.2) is 0 Å². The van der Waals surface area contributed by atoms with Gasteiger partial charge in [0.2, 0.25) is 5.12 Å².